The molecule has 4 fully saturated rings. The van der Waals surface area contributed by atoms with Gasteiger partial charge in [-0.3, -0.25) is 0 Å². The minimum absolute atomic E-state index is 0.0122. The average molecular weight is 514 g/mol. The Bertz CT molecular complexity index is 888. The highest BCUT2D eigenvalue weighted by atomic mass is 16.6. The SMILES string of the molecule is CN(CCN(CCC12CC3CC(CC(C3)C1)C2)C(=O)NCCCc1cc[n+](C)cc1)C(=O)OC(C)(C)C. The number of carbonyl (C=O) groups excluding carboxylic acids is 2. The van der Waals surface area contributed by atoms with Crippen molar-refractivity contribution in [3.05, 3.63) is 30.1 Å². The number of amides is 3. The van der Waals surface area contributed by atoms with Gasteiger partial charge in [0.1, 0.15) is 12.6 Å². The summed E-state index contributed by atoms with van der Waals surface area (Å²) in [5.74, 6) is 2.73. The molecular weight excluding hydrogens is 464 g/mol. The number of hydrogen-bond donors (Lipinski definition) is 1. The quantitative estimate of drug-likeness (QED) is 0.356. The summed E-state index contributed by atoms with van der Waals surface area (Å²) in [6, 6.07) is 4.25. The van der Waals surface area contributed by atoms with Gasteiger partial charge in [-0.15, -0.1) is 0 Å². The number of aromatic nitrogens is 1. The van der Waals surface area contributed by atoms with Crippen LogP contribution in [0.15, 0.2) is 24.5 Å². The summed E-state index contributed by atoms with van der Waals surface area (Å²) in [4.78, 5) is 29.3. The Morgan fingerprint density at radius 1 is 1.03 bits per heavy atom. The number of hydrogen-bond acceptors (Lipinski definition) is 3. The van der Waals surface area contributed by atoms with Crippen LogP contribution in [0.4, 0.5) is 9.59 Å². The first-order valence-electron chi connectivity index (χ1n) is 14.4. The zero-order valence-electron chi connectivity index (χ0n) is 23.8. The highest BCUT2D eigenvalue weighted by Gasteiger charge is 2.50. The molecule has 0 spiro atoms. The Morgan fingerprint density at radius 2 is 1.62 bits per heavy atom. The third-order valence-electron chi connectivity index (χ3n) is 8.74. The van der Waals surface area contributed by atoms with Crippen molar-refractivity contribution in [1.29, 1.82) is 0 Å². The van der Waals surface area contributed by atoms with Crippen molar-refractivity contribution in [2.24, 2.45) is 30.2 Å². The van der Waals surface area contributed by atoms with E-state index in [0.29, 0.717) is 25.0 Å². The Balaban J connectivity index is 1.31. The Kier molecular flexibility index (Phi) is 8.70. The van der Waals surface area contributed by atoms with Gasteiger partial charge in [-0.2, -0.15) is 0 Å². The molecule has 1 heterocycles. The normalized spacial score (nSPS) is 26.1. The molecule has 7 heteroatoms. The van der Waals surface area contributed by atoms with Gasteiger partial charge in [0.15, 0.2) is 12.4 Å². The highest BCUT2D eigenvalue weighted by molar-refractivity contribution is 5.74. The molecule has 0 aromatic carbocycles. The number of pyridine rings is 1. The van der Waals surface area contributed by atoms with E-state index in [2.05, 4.69) is 29.8 Å². The van der Waals surface area contributed by atoms with Crippen molar-refractivity contribution in [2.45, 2.75) is 84.2 Å². The zero-order chi connectivity index (χ0) is 26.6. The second kappa shape index (κ2) is 11.6. The van der Waals surface area contributed by atoms with Gasteiger partial charge in [-0.25, -0.2) is 14.2 Å². The van der Waals surface area contributed by atoms with Gasteiger partial charge in [0, 0.05) is 45.4 Å². The van der Waals surface area contributed by atoms with Crippen molar-refractivity contribution in [1.82, 2.24) is 15.1 Å². The first-order valence-corrected chi connectivity index (χ1v) is 14.4. The van der Waals surface area contributed by atoms with Gasteiger partial charge in [-0.05, 0) is 107 Å². The van der Waals surface area contributed by atoms with Crippen molar-refractivity contribution in [3.8, 4) is 0 Å². The second-order valence-electron chi connectivity index (χ2n) is 13.3. The molecule has 5 rings (SSSR count). The molecular formula is C30H49N4O3+. The van der Waals surface area contributed by atoms with Gasteiger partial charge >= 0.3 is 12.1 Å². The van der Waals surface area contributed by atoms with Crippen LogP contribution in [0.3, 0.4) is 0 Å². The smallest absolute Gasteiger partial charge is 0.410 e. The van der Waals surface area contributed by atoms with Crippen LogP contribution >= 0.6 is 0 Å². The van der Waals surface area contributed by atoms with Crippen molar-refractivity contribution in [2.75, 3.05) is 33.2 Å². The molecule has 206 valence electrons. The number of likely N-dealkylation sites (N-methyl/N-ethyl adjacent to an activating group) is 1. The van der Waals surface area contributed by atoms with E-state index in [-0.39, 0.29) is 12.1 Å². The predicted molar refractivity (Wildman–Crippen MR) is 145 cm³/mol. The number of urea groups is 1. The number of nitrogens with zero attached hydrogens (tertiary/aromatic N) is 3. The van der Waals surface area contributed by atoms with Crippen molar-refractivity contribution < 1.29 is 18.9 Å². The van der Waals surface area contributed by atoms with E-state index >= 15 is 0 Å². The topological polar surface area (TPSA) is 65.8 Å². The number of rotatable bonds is 10. The van der Waals surface area contributed by atoms with Crippen LogP contribution in [0.2, 0.25) is 0 Å². The van der Waals surface area contributed by atoms with E-state index in [9.17, 15) is 9.59 Å². The van der Waals surface area contributed by atoms with Crippen LogP contribution < -0.4 is 9.88 Å². The van der Waals surface area contributed by atoms with Crippen LogP contribution in [0.1, 0.15) is 77.7 Å². The maximum absolute atomic E-state index is 13.3. The summed E-state index contributed by atoms with van der Waals surface area (Å²) in [7, 11) is 3.77. The summed E-state index contributed by atoms with van der Waals surface area (Å²) < 4.78 is 7.54. The van der Waals surface area contributed by atoms with Crippen molar-refractivity contribution in [3.63, 3.8) is 0 Å². The monoisotopic (exact) mass is 513 g/mol. The van der Waals surface area contributed by atoms with E-state index in [0.717, 1.165) is 43.6 Å². The molecule has 4 bridgehead atoms. The fourth-order valence-electron chi connectivity index (χ4n) is 7.28. The first-order chi connectivity index (χ1) is 17.5. The molecule has 0 saturated heterocycles. The van der Waals surface area contributed by atoms with Gasteiger partial charge < -0.3 is 19.9 Å². The van der Waals surface area contributed by atoms with Gasteiger partial charge in [-0.1, -0.05) is 0 Å². The summed E-state index contributed by atoms with van der Waals surface area (Å²) >= 11 is 0. The summed E-state index contributed by atoms with van der Waals surface area (Å²) in [5, 5.41) is 3.16. The number of aryl methyl sites for hydroxylation is 2. The second-order valence-corrected chi connectivity index (χ2v) is 13.3. The molecule has 1 aromatic rings. The fourth-order valence-corrected chi connectivity index (χ4v) is 7.28. The third kappa shape index (κ3) is 7.84. The summed E-state index contributed by atoms with van der Waals surface area (Å²) in [6.07, 6.45) is 15.0. The standard InChI is InChI=1S/C30H48N4O3/c1-29(2,3)37-28(36)33(5)15-16-34(27(35)31-11-6-7-23-8-12-32(4)13-9-23)14-10-30-20-24-17-25(21-30)19-26(18-24)22-30/h8-9,12-13,24-26H,6-7,10-11,14-22H2,1-5H3/p+1. The lowest BCUT2D eigenvalue weighted by molar-refractivity contribution is -0.671. The van der Waals surface area contributed by atoms with Crippen LogP contribution in [-0.4, -0.2) is 60.8 Å². The maximum atomic E-state index is 13.3. The molecule has 1 N–H and O–H groups in total. The van der Waals surface area contributed by atoms with E-state index in [1.54, 1.807) is 11.9 Å². The first kappa shape index (κ1) is 27.7. The lowest BCUT2D eigenvalue weighted by Crippen LogP contribution is -2.50. The fraction of sp³-hybridized carbons (Fsp3) is 0.767. The molecule has 1 aromatic heterocycles. The Morgan fingerprint density at radius 3 is 2.19 bits per heavy atom. The Hall–Kier alpha value is -2.31. The van der Waals surface area contributed by atoms with Gasteiger partial charge in [0.05, 0.1) is 0 Å². The minimum Gasteiger partial charge on any atom is -0.444 e. The maximum Gasteiger partial charge on any atom is 0.410 e. The minimum atomic E-state index is -0.531. The number of nitrogens with one attached hydrogen (secondary N) is 1. The highest BCUT2D eigenvalue weighted by Crippen LogP contribution is 2.61. The number of ether oxygens (including phenoxy) is 1. The van der Waals surface area contributed by atoms with Gasteiger partial charge in [0.2, 0.25) is 0 Å². The molecule has 4 aliphatic rings. The van der Waals surface area contributed by atoms with E-state index < -0.39 is 5.60 Å². The molecule has 37 heavy (non-hydrogen) atoms. The molecule has 3 amide bonds. The summed E-state index contributed by atoms with van der Waals surface area (Å²) in [6.45, 7) is 8.01. The largest absolute Gasteiger partial charge is 0.444 e. The molecule has 0 radical (unpaired) electrons. The van der Waals surface area contributed by atoms with Crippen LogP contribution in [0.5, 0.6) is 0 Å². The molecule has 0 unspecified atom stereocenters. The average Bonchev–Trinajstić information content (AvgIpc) is 2.80. The zero-order valence-corrected chi connectivity index (χ0v) is 23.8. The lowest BCUT2D eigenvalue weighted by atomic mass is 9.49. The molecule has 4 aliphatic carbocycles. The van der Waals surface area contributed by atoms with Gasteiger partial charge in [0.25, 0.3) is 0 Å². The van der Waals surface area contributed by atoms with Crippen molar-refractivity contribution >= 4 is 12.1 Å². The Labute approximate surface area is 223 Å². The molecule has 7 nitrogen and oxygen atoms in total. The van der Waals surface area contributed by atoms with Crippen LogP contribution in [0, 0.1) is 23.2 Å². The molecule has 0 atom stereocenters. The van der Waals surface area contributed by atoms with E-state index in [1.165, 1.54) is 44.1 Å². The third-order valence-corrected chi connectivity index (χ3v) is 8.74. The van der Waals surface area contributed by atoms with Crippen LogP contribution in [-0.2, 0) is 18.2 Å². The lowest BCUT2D eigenvalue weighted by Gasteiger charge is -2.57. The van der Waals surface area contributed by atoms with Crippen LogP contribution in [0.25, 0.3) is 0 Å². The van der Waals surface area contributed by atoms with E-state index in [4.69, 9.17) is 4.74 Å². The number of carbonyl (C=O) groups is 2. The van der Waals surface area contributed by atoms with E-state index in [1.807, 2.05) is 37.3 Å². The predicted octanol–water partition coefficient (Wildman–Crippen LogP) is 4.93. The molecule has 4 saturated carbocycles. The summed E-state index contributed by atoms with van der Waals surface area (Å²) in [5.41, 5.74) is 1.18. The molecule has 0 aliphatic heterocycles.